The van der Waals surface area contributed by atoms with Crippen LogP contribution in [-0.4, -0.2) is 33.2 Å². The number of aromatic hydroxyl groups is 1. The lowest BCUT2D eigenvalue weighted by Crippen LogP contribution is -2.32. The van der Waals surface area contributed by atoms with Gasteiger partial charge in [0.1, 0.15) is 5.75 Å². The van der Waals surface area contributed by atoms with Crippen LogP contribution in [0.5, 0.6) is 5.75 Å². The average molecular weight is 298 g/mol. The van der Waals surface area contributed by atoms with Crippen LogP contribution in [0.1, 0.15) is 27.9 Å². The van der Waals surface area contributed by atoms with Crippen molar-refractivity contribution >= 4 is 0 Å². The molecule has 0 radical (unpaired) electrons. The SMILES string of the molecule is Cc1ncc(CO)c(CN(C)C2Cc3ccccc3C2)c1O. The minimum Gasteiger partial charge on any atom is -0.506 e. The van der Waals surface area contributed by atoms with Crippen molar-refractivity contribution in [3.05, 3.63) is 58.4 Å². The summed E-state index contributed by atoms with van der Waals surface area (Å²) >= 11 is 0. The third-order valence-electron chi connectivity index (χ3n) is 4.66. The van der Waals surface area contributed by atoms with Gasteiger partial charge in [-0.15, -0.1) is 0 Å². The summed E-state index contributed by atoms with van der Waals surface area (Å²) in [5.74, 6) is 0.203. The van der Waals surface area contributed by atoms with E-state index in [1.165, 1.54) is 11.1 Å². The number of nitrogens with zero attached hydrogens (tertiary/aromatic N) is 2. The molecular weight excluding hydrogens is 276 g/mol. The highest BCUT2D eigenvalue weighted by molar-refractivity contribution is 5.41. The van der Waals surface area contributed by atoms with Gasteiger partial charge in [-0.3, -0.25) is 9.88 Å². The predicted octanol–water partition coefficient (Wildman–Crippen LogP) is 2.19. The van der Waals surface area contributed by atoms with Gasteiger partial charge >= 0.3 is 0 Å². The highest BCUT2D eigenvalue weighted by atomic mass is 16.3. The van der Waals surface area contributed by atoms with Crippen LogP contribution >= 0.6 is 0 Å². The Morgan fingerprint density at radius 3 is 2.45 bits per heavy atom. The minimum absolute atomic E-state index is 0.102. The zero-order valence-electron chi connectivity index (χ0n) is 13.1. The van der Waals surface area contributed by atoms with Gasteiger partial charge in [0, 0.05) is 29.9 Å². The normalized spacial score (nSPS) is 14.5. The van der Waals surface area contributed by atoms with Gasteiger partial charge in [0.25, 0.3) is 0 Å². The van der Waals surface area contributed by atoms with E-state index in [4.69, 9.17) is 0 Å². The van der Waals surface area contributed by atoms with Gasteiger partial charge in [-0.05, 0) is 37.9 Å². The molecule has 0 saturated carbocycles. The van der Waals surface area contributed by atoms with E-state index in [1.54, 1.807) is 13.1 Å². The largest absolute Gasteiger partial charge is 0.506 e. The van der Waals surface area contributed by atoms with Gasteiger partial charge in [-0.2, -0.15) is 0 Å². The summed E-state index contributed by atoms with van der Waals surface area (Å²) in [7, 11) is 2.08. The summed E-state index contributed by atoms with van der Waals surface area (Å²) in [6, 6.07) is 8.98. The number of aromatic nitrogens is 1. The molecule has 22 heavy (non-hydrogen) atoms. The van der Waals surface area contributed by atoms with Gasteiger partial charge < -0.3 is 10.2 Å². The Morgan fingerprint density at radius 2 is 1.86 bits per heavy atom. The molecule has 2 aromatic rings. The first-order valence-corrected chi connectivity index (χ1v) is 7.64. The molecule has 4 heteroatoms. The summed E-state index contributed by atoms with van der Waals surface area (Å²) < 4.78 is 0. The lowest BCUT2D eigenvalue weighted by Gasteiger charge is -2.25. The van der Waals surface area contributed by atoms with Crippen molar-refractivity contribution in [2.75, 3.05) is 7.05 Å². The molecule has 0 aliphatic heterocycles. The molecule has 0 amide bonds. The molecule has 0 spiro atoms. The zero-order chi connectivity index (χ0) is 15.7. The number of hydrogen-bond donors (Lipinski definition) is 2. The van der Waals surface area contributed by atoms with E-state index in [1.807, 2.05) is 0 Å². The Labute approximate surface area is 131 Å². The van der Waals surface area contributed by atoms with Crippen molar-refractivity contribution in [1.82, 2.24) is 9.88 Å². The van der Waals surface area contributed by atoms with Crippen LogP contribution in [0, 0.1) is 6.92 Å². The molecule has 1 aromatic heterocycles. The van der Waals surface area contributed by atoms with Crippen LogP contribution in [0.4, 0.5) is 0 Å². The fraction of sp³-hybridized carbons (Fsp3) is 0.389. The maximum absolute atomic E-state index is 10.3. The van der Waals surface area contributed by atoms with E-state index < -0.39 is 0 Å². The number of benzene rings is 1. The van der Waals surface area contributed by atoms with Crippen LogP contribution < -0.4 is 0 Å². The molecule has 0 bridgehead atoms. The van der Waals surface area contributed by atoms with Crippen molar-refractivity contribution in [3.63, 3.8) is 0 Å². The summed E-state index contributed by atoms with van der Waals surface area (Å²) in [6.07, 6.45) is 3.72. The van der Waals surface area contributed by atoms with E-state index in [0.717, 1.165) is 18.4 Å². The van der Waals surface area contributed by atoms with Gasteiger partial charge in [0.05, 0.1) is 12.3 Å². The molecule has 1 aliphatic carbocycles. The van der Waals surface area contributed by atoms with E-state index in [9.17, 15) is 10.2 Å². The van der Waals surface area contributed by atoms with Crippen LogP contribution in [0.25, 0.3) is 0 Å². The first-order chi connectivity index (χ1) is 10.6. The highest BCUT2D eigenvalue weighted by Gasteiger charge is 2.25. The van der Waals surface area contributed by atoms with Crippen molar-refractivity contribution < 1.29 is 10.2 Å². The van der Waals surface area contributed by atoms with Crippen molar-refractivity contribution in [1.29, 1.82) is 0 Å². The molecule has 0 atom stereocenters. The number of aliphatic hydroxyl groups excluding tert-OH is 1. The van der Waals surface area contributed by atoms with Crippen LogP contribution in [0.2, 0.25) is 0 Å². The third kappa shape index (κ3) is 2.72. The lowest BCUT2D eigenvalue weighted by molar-refractivity contribution is 0.231. The molecule has 116 valence electrons. The van der Waals surface area contributed by atoms with Crippen LogP contribution in [-0.2, 0) is 26.0 Å². The number of likely N-dealkylation sites (N-methyl/N-ethyl adjacent to an activating group) is 1. The highest BCUT2D eigenvalue weighted by Crippen LogP contribution is 2.29. The Hall–Kier alpha value is -1.91. The monoisotopic (exact) mass is 298 g/mol. The van der Waals surface area contributed by atoms with E-state index in [0.29, 0.717) is 23.8 Å². The summed E-state index contributed by atoms with van der Waals surface area (Å²) in [6.45, 7) is 2.30. The fourth-order valence-electron chi connectivity index (χ4n) is 3.22. The number of pyridine rings is 1. The van der Waals surface area contributed by atoms with Crippen molar-refractivity contribution in [2.24, 2.45) is 0 Å². The molecule has 1 heterocycles. The van der Waals surface area contributed by atoms with Crippen molar-refractivity contribution in [3.8, 4) is 5.75 Å². The molecule has 2 N–H and O–H groups in total. The molecule has 1 aliphatic rings. The Balaban J connectivity index is 1.79. The summed E-state index contributed by atoms with van der Waals surface area (Å²) in [5, 5.41) is 19.8. The van der Waals surface area contributed by atoms with Gasteiger partial charge in [0.2, 0.25) is 0 Å². The van der Waals surface area contributed by atoms with E-state index in [2.05, 4.69) is 41.2 Å². The quantitative estimate of drug-likeness (QED) is 0.908. The number of aliphatic hydroxyl groups is 1. The zero-order valence-corrected chi connectivity index (χ0v) is 13.1. The Morgan fingerprint density at radius 1 is 1.23 bits per heavy atom. The Bertz CT molecular complexity index is 660. The molecular formula is C18H22N2O2. The third-order valence-corrected chi connectivity index (χ3v) is 4.66. The first kappa shape index (κ1) is 15.0. The second-order valence-corrected chi connectivity index (χ2v) is 6.10. The standard InChI is InChI=1S/C18H22N2O2/c1-12-18(22)17(15(11-21)9-19-12)10-20(2)16-7-13-5-3-4-6-14(13)8-16/h3-6,9,16,21-22H,7-8,10-11H2,1-2H3. The summed E-state index contributed by atoms with van der Waals surface area (Å²) in [4.78, 5) is 6.38. The number of aryl methyl sites for hydroxylation is 1. The number of fused-ring (bicyclic) bond motifs is 1. The topological polar surface area (TPSA) is 56.6 Å². The second-order valence-electron chi connectivity index (χ2n) is 6.10. The first-order valence-electron chi connectivity index (χ1n) is 7.64. The van der Waals surface area contributed by atoms with Gasteiger partial charge in [0.15, 0.2) is 0 Å². The fourth-order valence-corrected chi connectivity index (χ4v) is 3.22. The smallest absolute Gasteiger partial charge is 0.141 e. The molecule has 3 rings (SSSR count). The lowest BCUT2D eigenvalue weighted by atomic mass is 10.1. The molecule has 1 aromatic carbocycles. The van der Waals surface area contributed by atoms with Crippen LogP contribution in [0.3, 0.4) is 0 Å². The maximum Gasteiger partial charge on any atom is 0.141 e. The maximum atomic E-state index is 10.3. The van der Waals surface area contributed by atoms with Gasteiger partial charge in [-0.25, -0.2) is 0 Å². The van der Waals surface area contributed by atoms with Crippen LogP contribution in [0.15, 0.2) is 30.5 Å². The predicted molar refractivity (Wildman–Crippen MR) is 85.7 cm³/mol. The van der Waals surface area contributed by atoms with Gasteiger partial charge in [-0.1, -0.05) is 24.3 Å². The molecule has 4 nitrogen and oxygen atoms in total. The molecule has 0 unspecified atom stereocenters. The average Bonchev–Trinajstić information content (AvgIpc) is 2.96. The Kier molecular flexibility index (Phi) is 4.14. The summed E-state index contributed by atoms with van der Waals surface area (Å²) in [5.41, 5.74) is 4.92. The van der Waals surface area contributed by atoms with E-state index in [-0.39, 0.29) is 12.4 Å². The molecule has 0 saturated heterocycles. The minimum atomic E-state index is -0.102. The number of rotatable bonds is 4. The number of hydrogen-bond acceptors (Lipinski definition) is 4. The van der Waals surface area contributed by atoms with E-state index >= 15 is 0 Å². The molecule has 0 fully saturated rings. The van der Waals surface area contributed by atoms with Crippen molar-refractivity contribution in [2.45, 2.75) is 39.0 Å². The second kappa shape index (κ2) is 6.07.